The average Bonchev–Trinajstić information content (AvgIpc) is 3.72. The summed E-state index contributed by atoms with van der Waals surface area (Å²) in [5.74, 6) is -0.320. The van der Waals surface area contributed by atoms with E-state index in [1.54, 1.807) is 34.3 Å². The molecule has 1 atom stereocenters. The molecular weight excluding hydrogens is 541 g/mol. The number of likely N-dealkylation sites (N-methyl/N-ethyl adjacent to an activating group) is 1. The first-order chi connectivity index (χ1) is 19.2. The van der Waals surface area contributed by atoms with Crippen molar-refractivity contribution in [3.63, 3.8) is 0 Å². The second-order valence-corrected chi connectivity index (χ2v) is 10.1. The number of carbonyl (C=O) groups excluding carboxylic acids is 1. The quantitative estimate of drug-likeness (QED) is 0.263. The fraction of sp³-hybridized carbons (Fsp3) is 0.296. The minimum atomic E-state index is -4.62. The number of amides is 1. The van der Waals surface area contributed by atoms with Crippen LogP contribution in [0, 0.1) is 0 Å². The number of halogens is 3. The van der Waals surface area contributed by atoms with Crippen molar-refractivity contribution in [1.82, 2.24) is 39.6 Å². The van der Waals surface area contributed by atoms with Crippen LogP contribution in [0.3, 0.4) is 0 Å². The van der Waals surface area contributed by atoms with Crippen LogP contribution < -0.4 is 5.32 Å². The molecule has 0 saturated heterocycles. The van der Waals surface area contributed by atoms with Crippen LogP contribution in [0.1, 0.15) is 36.8 Å². The highest BCUT2D eigenvalue weighted by Crippen LogP contribution is 2.30. The third kappa shape index (κ3) is 5.61. The largest absolute Gasteiger partial charge is 0.435 e. The Labute approximate surface area is 232 Å². The zero-order valence-corrected chi connectivity index (χ0v) is 22.9. The van der Waals surface area contributed by atoms with Gasteiger partial charge in [0.05, 0.1) is 28.0 Å². The first kappa shape index (κ1) is 27.5. The predicted molar refractivity (Wildman–Crippen MR) is 146 cm³/mol. The van der Waals surface area contributed by atoms with E-state index >= 15 is 0 Å². The van der Waals surface area contributed by atoms with Gasteiger partial charge < -0.3 is 5.32 Å². The molecule has 0 aliphatic carbocycles. The normalized spacial score (nSPS) is 12.8. The number of rotatable bonds is 9. The maximum absolute atomic E-state index is 13.3. The minimum Gasteiger partial charge on any atom is -0.350 e. The smallest absolute Gasteiger partial charge is 0.350 e. The number of alkyl halides is 3. The van der Waals surface area contributed by atoms with Gasteiger partial charge in [0.15, 0.2) is 17.2 Å². The second-order valence-electron chi connectivity index (χ2n) is 9.14. The zero-order chi connectivity index (χ0) is 28.4. The lowest BCUT2D eigenvalue weighted by molar-refractivity contribution is -0.141. The topological polar surface area (TPSA) is 93.2 Å². The Hall–Kier alpha value is -4.10. The molecule has 0 aliphatic rings. The summed E-state index contributed by atoms with van der Waals surface area (Å²) in [6, 6.07) is 9.70. The van der Waals surface area contributed by atoms with Crippen LogP contribution in [0.15, 0.2) is 60.4 Å². The molecule has 0 bridgehead atoms. The van der Waals surface area contributed by atoms with Crippen LogP contribution in [-0.2, 0) is 6.18 Å². The lowest BCUT2D eigenvalue weighted by Gasteiger charge is -2.26. The van der Waals surface area contributed by atoms with E-state index in [1.807, 2.05) is 30.5 Å². The highest BCUT2D eigenvalue weighted by molar-refractivity contribution is 7.13. The summed E-state index contributed by atoms with van der Waals surface area (Å²) < 4.78 is 42.4. The summed E-state index contributed by atoms with van der Waals surface area (Å²) in [6.07, 6.45) is -0.104. The molecule has 1 amide bonds. The Bertz CT molecular complexity index is 1620. The fourth-order valence-electron chi connectivity index (χ4n) is 4.43. The van der Waals surface area contributed by atoms with Crippen LogP contribution in [0.4, 0.5) is 13.2 Å². The maximum Gasteiger partial charge on any atom is 0.435 e. The van der Waals surface area contributed by atoms with Crippen molar-refractivity contribution >= 4 is 22.9 Å². The van der Waals surface area contributed by atoms with E-state index in [9.17, 15) is 18.0 Å². The van der Waals surface area contributed by atoms with Gasteiger partial charge in [0.1, 0.15) is 0 Å². The van der Waals surface area contributed by atoms with Gasteiger partial charge in [-0.1, -0.05) is 19.9 Å². The molecule has 0 aliphatic heterocycles. The number of carbonyl (C=O) groups is 1. The van der Waals surface area contributed by atoms with Gasteiger partial charge in [-0.15, -0.1) is 11.3 Å². The molecule has 0 fully saturated rings. The van der Waals surface area contributed by atoms with Gasteiger partial charge in [0.25, 0.3) is 5.91 Å². The van der Waals surface area contributed by atoms with Crippen molar-refractivity contribution in [2.45, 2.75) is 33.0 Å². The third-order valence-electron chi connectivity index (χ3n) is 6.60. The molecule has 1 N–H and O–H groups in total. The van der Waals surface area contributed by atoms with Crippen molar-refractivity contribution in [3.05, 3.63) is 71.6 Å². The SMILES string of the molecule is CCN(CC)C(C)CNC(=O)c1cc(-c2cnn3ccc(-c4cccs4)nc23)nc(-n2ccc(C(F)(F)F)n2)c1. The number of pyridine rings is 1. The van der Waals surface area contributed by atoms with Gasteiger partial charge in [0, 0.05) is 30.5 Å². The van der Waals surface area contributed by atoms with Gasteiger partial charge in [0.2, 0.25) is 0 Å². The summed E-state index contributed by atoms with van der Waals surface area (Å²) >= 11 is 1.54. The van der Waals surface area contributed by atoms with Crippen LogP contribution in [-0.4, -0.2) is 65.8 Å². The van der Waals surface area contributed by atoms with Crippen LogP contribution in [0.5, 0.6) is 0 Å². The van der Waals surface area contributed by atoms with Crippen LogP contribution >= 0.6 is 11.3 Å². The molecule has 0 radical (unpaired) electrons. The second kappa shape index (κ2) is 11.2. The molecule has 5 heterocycles. The molecule has 0 spiro atoms. The van der Waals surface area contributed by atoms with Gasteiger partial charge in [-0.2, -0.15) is 23.4 Å². The molecule has 13 heteroatoms. The van der Waals surface area contributed by atoms with E-state index < -0.39 is 11.9 Å². The maximum atomic E-state index is 13.3. The molecule has 5 aromatic heterocycles. The van der Waals surface area contributed by atoms with E-state index in [1.165, 1.54) is 12.3 Å². The lowest BCUT2D eigenvalue weighted by atomic mass is 10.1. The number of hydrogen-bond acceptors (Lipinski definition) is 7. The Morgan fingerprint density at radius 2 is 1.90 bits per heavy atom. The van der Waals surface area contributed by atoms with Gasteiger partial charge in [-0.25, -0.2) is 19.2 Å². The van der Waals surface area contributed by atoms with Crippen LogP contribution in [0.25, 0.3) is 33.3 Å². The van der Waals surface area contributed by atoms with Crippen LogP contribution in [0.2, 0.25) is 0 Å². The average molecular weight is 569 g/mol. The first-order valence-electron chi connectivity index (χ1n) is 12.7. The molecule has 9 nitrogen and oxygen atoms in total. The summed E-state index contributed by atoms with van der Waals surface area (Å²) in [5, 5.41) is 12.9. The lowest BCUT2D eigenvalue weighted by Crippen LogP contribution is -2.42. The van der Waals surface area contributed by atoms with Crippen molar-refractivity contribution in [3.8, 4) is 27.6 Å². The number of nitrogens with zero attached hydrogens (tertiary/aromatic N) is 7. The first-order valence-corrected chi connectivity index (χ1v) is 13.6. The van der Waals surface area contributed by atoms with Crippen molar-refractivity contribution in [2.75, 3.05) is 19.6 Å². The number of fused-ring (bicyclic) bond motifs is 1. The molecule has 5 rings (SSSR count). The van der Waals surface area contributed by atoms with Crippen molar-refractivity contribution < 1.29 is 18.0 Å². The van der Waals surface area contributed by atoms with E-state index in [0.717, 1.165) is 34.4 Å². The molecule has 5 aromatic rings. The third-order valence-corrected chi connectivity index (χ3v) is 7.49. The van der Waals surface area contributed by atoms with Crippen molar-refractivity contribution in [1.29, 1.82) is 0 Å². The number of aromatic nitrogens is 6. The molecular formula is C27H27F3N8OS. The Morgan fingerprint density at radius 3 is 2.58 bits per heavy atom. The van der Waals surface area contributed by atoms with E-state index in [0.29, 0.717) is 23.4 Å². The molecule has 208 valence electrons. The zero-order valence-electron chi connectivity index (χ0n) is 22.1. The Balaban J connectivity index is 1.57. The Morgan fingerprint density at radius 1 is 1.10 bits per heavy atom. The Kier molecular flexibility index (Phi) is 7.68. The van der Waals surface area contributed by atoms with E-state index in [2.05, 4.69) is 39.2 Å². The number of hydrogen-bond donors (Lipinski definition) is 1. The van der Waals surface area contributed by atoms with Gasteiger partial charge >= 0.3 is 6.18 Å². The number of thiophene rings is 1. The summed E-state index contributed by atoms with van der Waals surface area (Å²) in [6.45, 7) is 8.21. The highest BCUT2D eigenvalue weighted by atomic mass is 32.1. The number of nitrogens with one attached hydrogen (secondary N) is 1. The fourth-order valence-corrected chi connectivity index (χ4v) is 5.13. The standard InChI is InChI=1S/C27H27F3N8OS/c1-4-36(5-2)17(3)15-31-26(39)18-13-21(33-24(14-18)37-11-9-23(35-37)27(28,29)30)19-16-32-38-10-8-20(34-25(19)38)22-7-6-12-40-22/h6-14,16-17H,4-5,15H2,1-3H3,(H,31,39). The van der Waals surface area contributed by atoms with Gasteiger partial charge in [-0.3, -0.25) is 9.69 Å². The van der Waals surface area contributed by atoms with E-state index in [4.69, 9.17) is 4.98 Å². The molecule has 0 aromatic carbocycles. The molecule has 0 saturated carbocycles. The molecule has 40 heavy (non-hydrogen) atoms. The van der Waals surface area contributed by atoms with Gasteiger partial charge in [-0.05, 0) is 55.7 Å². The monoisotopic (exact) mass is 568 g/mol. The van der Waals surface area contributed by atoms with Crippen molar-refractivity contribution in [2.24, 2.45) is 0 Å². The summed E-state index contributed by atoms with van der Waals surface area (Å²) in [4.78, 5) is 25.8. The minimum absolute atomic E-state index is 0.0590. The summed E-state index contributed by atoms with van der Waals surface area (Å²) in [5.41, 5.74) is 1.25. The highest BCUT2D eigenvalue weighted by Gasteiger charge is 2.34. The molecule has 1 unspecified atom stereocenters. The summed E-state index contributed by atoms with van der Waals surface area (Å²) in [7, 11) is 0. The predicted octanol–water partition coefficient (Wildman–Crippen LogP) is 5.18. The van der Waals surface area contributed by atoms with E-state index in [-0.39, 0.29) is 23.3 Å².